The fourth-order valence-electron chi connectivity index (χ4n) is 2.30. The van der Waals surface area contributed by atoms with Gasteiger partial charge < -0.3 is 9.47 Å². The van der Waals surface area contributed by atoms with Crippen LogP contribution in [0.1, 0.15) is 53.5 Å². The molecule has 0 amide bonds. The third-order valence-corrected chi connectivity index (χ3v) is 4.12. The van der Waals surface area contributed by atoms with E-state index in [1.54, 1.807) is 41.5 Å². The highest BCUT2D eigenvalue weighted by atomic mass is 79.9. The molecular weight excluding hydrogens is 422 g/mol. The van der Waals surface area contributed by atoms with Crippen molar-refractivity contribution in [2.75, 3.05) is 0 Å². The third kappa shape index (κ3) is 8.26. The molecule has 6 heteroatoms. The molecule has 1 rings (SSSR count). The van der Waals surface area contributed by atoms with E-state index in [1.807, 2.05) is 24.3 Å². The first-order valence-corrected chi connectivity index (χ1v) is 9.87. The molecule has 152 valence electrons. The molecule has 0 aliphatic rings. The molecule has 0 aromatic heterocycles. The Morgan fingerprint density at radius 1 is 1.04 bits per heavy atom. The molecule has 0 radical (unpaired) electrons. The minimum Gasteiger partial charge on any atom is -0.459 e. The van der Waals surface area contributed by atoms with E-state index >= 15 is 0 Å². The number of rotatable bonds is 6. The fourth-order valence-corrected chi connectivity index (χ4v) is 2.56. The Morgan fingerprint density at radius 3 is 2.04 bits per heavy atom. The Hall–Kier alpha value is -2.13. The minimum absolute atomic E-state index is 0.180. The number of halogens is 1. The van der Waals surface area contributed by atoms with E-state index in [-0.39, 0.29) is 6.42 Å². The quantitative estimate of drug-likeness (QED) is 0.444. The summed E-state index contributed by atoms with van der Waals surface area (Å²) in [7, 11) is 0. The number of benzene rings is 1. The van der Waals surface area contributed by atoms with Crippen LogP contribution in [0, 0.1) is 16.7 Å². The van der Waals surface area contributed by atoms with Crippen molar-refractivity contribution in [2.45, 2.75) is 65.6 Å². The second-order valence-electron chi connectivity index (χ2n) is 8.58. The summed E-state index contributed by atoms with van der Waals surface area (Å²) in [4.78, 5) is 24.9. The molecule has 0 saturated carbocycles. The van der Waals surface area contributed by atoms with Crippen molar-refractivity contribution in [3.63, 3.8) is 0 Å². The van der Waals surface area contributed by atoms with Gasteiger partial charge in [-0.2, -0.15) is 5.26 Å². The number of nitrogens with zero attached hydrogens (tertiary/aromatic N) is 1. The zero-order valence-electron chi connectivity index (χ0n) is 17.3. The topological polar surface area (TPSA) is 76.4 Å². The van der Waals surface area contributed by atoms with Crippen LogP contribution in [0.5, 0.6) is 0 Å². The number of ether oxygens (including phenoxy) is 2. The molecule has 0 spiro atoms. The van der Waals surface area contributed by atoms with Crippen molar-refractivity contribution in [2.24, 2.45) is 5.41 Å². The SMILES string of the molecule is CC(C)(C)OC(=O)/C=C/[C@](C#N)(CCc1ccc(Br)cc1)C(=O)OC(C)(C)C. The summed E-state index contributed by atoms with van der Waals surface area (Å²) in [5.41, 5.74) is -2.04. The average molecular weight is 450 g/mol. The summed E-state index contributed by atoms with van der Waals surface area (Å²) in [6.07, 6.45) is 3.09. The van der Waals surface area contributed by atoms with Gasteiger partial charge in [-0.25, -0.2) is 9.59 Å². The van der Waals surface area contributed by atoms with Gasteiger partial charge in [0.05, 0.1) is 6.07 Å². The van der Waals surface area contributed by atoms with Crippen LogP contribution >= 0.6 is 15.9 Å². The maximum atomic E-state index is 12.8. The van der Waals surface area contributed by atoms with Crippen molar-refractivity contribution >= 4 is 27.9 Å². The minimum atomic E-state index is -1.59. The number of nitriles is 1. The Bertz CT molecular complexity index is 764. The van der Waals surface area contributed by atoms with E-state index in [0.29, 0.717) is 6.42 Å². The van der Waals surface area contributed by atoms with Gasteiger partial charge in [0.15, 0.2) is 5.41 Å². The van der Waals surface area contributed by atoms with Crippen LogP contribution in [0.2, 0.25) is 0 Å². The van der Waals surface area contributed by atoms with E-state index in [0.717, 1.165) is 16.1 Å². The summed E-state index contributed by atoms with van der Waals surface area (Å²) in [6, 6.07) is 9.68. The van der Waals surface area contributed by atoms with Gasteiger partial charge in [-0.15, -0.1) is 0 Å². The number of hydrogen-bond donors (Lipinski definition) is 0. The van der Waals surface area contributed by atoms with E-state index in [9.17, 15) is 14.9 Å². The molecule has 0 saturated heterocycles. The average Bonchev–Trinajstić information content (AvgIpc) is 2.53. The fraction of sp³-hybridized carbons (Fsp3) is 0.500. The number of esters is 2. The van der Waals surface area contributed by atoms with Gasteiger partial charge in [-0.1, -0.05) is 28.1 Å². The molecule has 0 heterocycles. The summed E-state index contributed by atoms with van der Waals surface area (Å²) >= 11 is 3.38. The van der Waals surface area contributed by atoms with Crippen molar-refractivity contribution in [1.82, 2.24) is 0 Å². The monoisotopic (exact) mass is 449 g/mol. The first-order valence-electron chi connectivity index (χ1n) is 9.08. The Kier molecular flexibility index (Phi) is 8.01. The Morgan fingerprint density at radius 2 is 1.57 bits per heavy atom. The summed E-state index contributed by atoms with van der Waals surface area (Å²) in [5, 5.41) is 9.85. The molecule has 1 aromatic carbocycles. The first-order chi connectivity index (χ1) is 12.8. The lowest BCUT2D eigenvalue weighted by Gasteiger charge is -2.27. The summed E-state index contributed by atoms with van der Waals surface area (Å²) in [6.45, 7) is 10.4. The zero-order valence-corrected chi connectivity index (χ0v) is 18.9. The molecule has 5 nitrogen and oxygen atoms in total. The maximum absolute atomic E-state index is 12.8. The molecule has 0 aliphatic heterocycles. The number of hydrogen-bond acceptors (Lipinski definition) is 5. The van der Waals surface area contributed by atoms with Crippen molar-refractivity contribution in [3.05, 3.63) is 46.5 Å². The second kappa shape index (κ2) is 9.38. The van der Waals surface area contributed by atoms with Crippen molar-refractivity contribution < 1.29 is 19.1 Å². The smallest absolute Gasteiger partial charge is 0.331 e. The largest absolute Gasteiger partial charge is 0.459 e. The summed E-state index contributed by atoms with van der Waals surface area (Å²) < 4.78 is 11.6. The van der Waals surface area contributed by atoms with Crippen LogP contribution in [-0.4, -0.2) is 23.1 Å². The lowest BCUT2D eigenvalue weighted by molar-refractivity contribution is -0.161. The van der Waals surface area contributed by atoms with Crippen molar-refractivity contribution in [1.29, 1.82) is 5.26 Å². The lowest BCUT2D eigenvalue weighted by atomic mass is 9.82. The van der Waals surface area contributed by atoms with Crippen molar-refractivity contribution in [3.8, 4) is 6.07 Å². The van der Waals surface area contributed by atoms with Gasteiger partial charge in [0.2, 0.25) is 0 Å². The highest BCUT2D eigenvalue weighted by molar-refractivity contribution is 9.10. The van der Waals surface area contributed by atoms with Gasteiger partial charge in [-0.05, 0) is 78.2 Å². The second-order valence-corrected chi connectivity index (χ2v) is 9.49. The van der Waals surface area contributed by atoms with Crippen LogP contribution in [-0.2, 0) is 25.5 Å². The number of aryl methyl sites for hydroxylation is 1. The molecule has 0 fully saturated rings. The standard InChI is InChI=1S/C22H28BrNO4/c1-20(2,3)27-18(25)12-14-22(15-24,19(26)28-21(4,5)6)13-11-16-7-9-17(23)10-8-16/h7-10,12,14H,11,13H2,1-6H3/b14-12+/t22-/m0/s1. The molecule has 0 aliphatic carbocycles. The predicted molar refractivity (Wildman–Crippen MR) is 111 cm³/mol. The molecule has 0 bridgehead atoms. The Labute approximate surface area is 175 Å². The van der Waals surface area contributed by atoms with Crippen LogP contribution in [0.3, 0.4) is 0 Å². The van der Waals surface area contributed by atoms with Gasteiger partial charge in [0, 0.05) is 10.5 Å². The molecule has 0 N–H and O–H groups in total. The molecule has 0 unspecified atom stereocenters. The molecule has 1 atom stereocenters. The maximum Gasteiger partial charge on any atom is 0.331 e. The van der Waals surface area contributed by atoms with E-state index in [4.69, 9.17) is 9.47 Å². The highest BCUT2D eigenvalue weighted by Gasteiger charge is 2.40. The van der Waals surface area contributed by atoms with E-state index < -0.39 is 28.6 Å². The van der Waals surface area contributed by atoms with E-state index in [2.05, 4.69) is 22.0 Å². The predicted octanol–water partition coefficient (Wildman–Crippen LogP) is 5.13. The van der Waals surface area contributed by atoms with Crippen LogP contribution in [0.15, 0.2) is 40.9 Å². The van der Waals surface area contributed by atoms with Crippen LogP contribution < -0.4 is 0 Å². The summed E-state index contributed by atoms with van der Waals surface area (Å²) in [5.74, 6) is -1.29. The van der Waals surface area contributed by atoms with Crippen LogP contribution in [0.25, 0.3) is 0 Å². The normalized spacial score (nSPS) is 14.2. The Balaban J connectivity index is 3.12. The van der Waals surface area contributed by atoms with Gasteiger partial charge in [0.25, 0.3) is 0 Å². The number of carbonyl (C=O) groups excluding carboxylic acids is 2. The lowest BCUT2D eigenvalue weighted by Crippen LogP contribution is -2.36. The molecular formula is C22H28BrNO4. The molecule has 1 aromatic rings. The van der Waals surface area contributed by atoms with Gasteiger partial charge in [0.1, 0.15) is 11.2 Å². The van der Waals surface area contributed by atoms with E-state index in [1.165, 1.54) is 6.08 Å². The van der Waals surface area contributed by atoms with Crippen LogP contribution in [0.4, 0.5) is 0 Å². The zero-order chi connectivity index (χ0) is 21.6. The highest BCUT2D eigenvalue weighted by Crippen LogP contribution is 2.30. The van der Waals surface area contributed by atoms with Gasteiger partial charge >= 0.3 is 11.9 Å². The number of carbonyl (C=O) groups is 2. The first kappa shape index (κ1) is 23.9. The third-order valence-electron chi connectivity index (χ3n) is 3.59. The van der Waals surface area contributed by atoms with Gasteiger partial charge in [-0.3, -0.25) is 0 Å². The molecule has 28 heavy (non-hydrogen) atoms.